The number of rotatable bonds is 3. The van der Waals surface area contributed by atoms with Crippen molar-refractivity contribution in [3.05, 3.63) is 64.8 Å². The van der Waals surface area contributed by atoms with E-state index in [9.17, 15) is 9.18 Å². The number of aromatic nitrogens is 1. The second kappa shape index (κ2) is 6.80. The summed E-state index contributed by atoms with van der Waals surface area (Å²) in [6.45, 7) is 4.08. The van der Waals surface area contributed by atoms with Gasteiger partial charge in [0.2, 0.25) is 0 Å². The highest BCUT2D eigenvalue weighted by Crippen LogP contribution is 2.28. The highest BCUT2D eigenvalue weighted by atomic mass is 32.1. The van der Waals surface area contributed by atoms with Crippen molar-refractivity contribution in [2.24, 2.45) is 0 Å². The predicted molar refractivity (Wildman–Crippen MR) is 96.1 cm³/mol. The first-order chi connectivity index (χ1) is 11.5. The van der Waals surface area contributed by atoms with Crippen molar-refractivity contribution in [3.63, 3.8) is 0 Å². The number of hydrogen-bond acceptors (Lipinski definition) is 3. The third kappa shape index (κ3) is 3.78. The molecule has 1 aromatic heterocycles. The van der Waals surface area contributed by atoms with Gasteiger partial charge in [0, 0.05) is 16.6 Å². The number of nitrogens with zero attached hydrogens (tertiary/aromatic N) is 1. The lowest BCUT2D eigenvalue weighted by Crippen LogP contribution is -2.19. The van der Waals surface area contributed by atoms with E-state index in [1.54, 1.807) is 0 Å². The van der Waals surface area contributed by atoms with Crippen molar-refractivity contribution in [2.75, 3.05) is 10.6 Å². The van der Waals surface area contributed by atoms with Gasteiger partial charge in [-0.2, -0.15) is 0 Å². The lowest BCUT2D eigenvalue weighted by atomic mass is 10.0. The van der Waals surface area contributed by atoms with Gasteiger partial charge in [-0.05, 0) is 43.7 Å². The Kier molecular flexibility index (Phi) is 4.57. The average molecular weight is 341 g/mol. The van der Waals surface area contributed by atoms with Crippen LogP contribution in [0.4, 0.5) is 20.0 Å². The minimum atomic E-state index is -0.414. The van der Waals surface area contributed by atoms with Crippen LogP contribution >= 0.6 is 11.3 Å². The summed E-state index contributed by atoms with van der Waals surface area (Å²) in [6, 6.07) is 11.3. The molecular formula is C18H16FN3OS. The second-order valence-electron chi connectivity index (χ2n) is 5.44. The van der Waals surface area contributed by atoms with Gasteiger partial charge in [-0.3, -0.25) is 5.32 Å². The number of nitrogens with one attached hydrogen (secondary N) is 2. The molecule has 0 unspecified atom stereocenters. The summed E-state index contributed by atoms with van der Waals surface area (Å²) in [4.78, 5) is 16.4. The Morgan fingerprint density at radius 1 is 1.08 bits per heavy atom. The Bertz CT molecular complexity index is 874. The van der Waals surface area contributed by atoms with Gasteiger partial charge in [-0.25, -0.2) is 14.2 Å². The van der Waals surface area contributed by atoms with Gasteiger partial charge in [0.25, 0.3) is 0 Å². The molecule has 6 heteroatoms. The van der Waals surface area contributed by atoms with Crippen LogP contribution in [0, 0.1) is 19.7 Å². The van der Waals surface area contributed by atoms with Crippen molar-refractivity contribution in [1.82, 2.24) is 4.98 Å². The fourth-order valence-corrected chi connectivity index (χ4v) is 3.05. The molecule has 0 spiro atoms. The molecule has 1 heterocycles. The number of aryl methyl sites for hydroxylation is 2. The zero-order valence-corrected chi connectivity index (χ0v) is 14.1. The van der Waals surface area contributed by atoms with Gasteiger partial charge in [-0.15, -0.1) is 11.3 Å². The third-order valence-corrected chi connectivity index (χ3v) is 4.24. The molecule has 2 aromatic carbocycles. The van der Waals surface area contributed by atoms with E-state index in [0.717, 1.165) is 16.8 Å². The summed E-state index contributed by atoms with van der Waals surface area (Å²) in [6.07, 6.45) is 0. The molecule has 2 amide bonds. The Balaban J connectivity index is 1.69. The minimum absolute atomic E-state index is 0.348. The lowest BCUT2D eigenvalue weighted by Gasteiger charge is -2.05. The number of thiazole rings is 1. The monoisotopic (exact) mass is 341 g/mol. The fraction of sp³-hybridized carbons (Fsp3) is 0.111. The number of anilines is 2. The third-order valence-electron chi connectivity index (χ3n) is 3.48. The van der Waals surface area contributed by atoms with E-state index in [1.165, 1.54) is 41.2 Å². The average Bonchev–Trinajstić information content (AvgIpc) is 2.97. The molecule has 122 valence electrons. The van der Waals surface area contributed by atoms with Gasteiger partial charge in [0.15, 0.2) is 5.13 Å². The molecule has 0 bridgehead atoms. The number of carbonyl (C=O) groups excluding carboxylic acids is 1. The smallest absolute Gasteiger partial charge is 0.308 e. The van der Waals surface area contributed by atoms with Crippen LogP contribution in [0.3, 0.4) is 0 Å². The molecule has 0 atom stereocenters. The van der Waals surface area contributed by atoms with Crippen LogP contribution in [0.2, 0.25) is 0 Å². The van der Waals surface area contributed by atoms with Crippen molar-refractivity contribution in [3.8, 4) is 11.3 Å². The molecule has 24 heavy (non-hydrogen) atoms. The first kappa shape index (κ1) is 16.1. The number of halogens is 1. The molecule has 0 radical (unpaired) electrons. The first-order valence-corrected chi connectivity index (χ1v) is 8.26. The van der Waals surface area contributed by atoms with Crippen molar-refractivity contribution >= 4 is 28.2 Å². The topological polar surface area (TPSA) is 54.0 Å². The predicted octanol–water partition coefficient (Wildman–Crippen LogP) is 5.21. The summed E-state index contributed by atoms with van der Waals surface area (Å²) in [5, 5.41) is 7.74. The maximum absolute atomic E-state index is 12.9. The Labute approximate surface area is 143 Å². The van der Waals surface area contributed by atoms with Crippen LogP contribution in [0.5, 0.6) is 0 Å². The summed E-state index contributed by atoms with van der Waals surface area (Å²) in [5.74, 6) is -0.348. The standard InChI is InChI=1S/C18H16FN3OS/c1-11-3-8-15(12(2)9-11)16-10-24-18(21-16)22-17(23)20-14-6-4-13(19)5-7-14/h3-10H,1-2H3,(H2,20,21,22,23). The molecule has 0 fully saturated rings. The van der Waals surface area contributed by atoms with Gasteiger partial charge < -0.3 is 5.32 Å². The first-order valence-electron chi connectivity index (χ1n) is 7.38. The Morgan fingerprint density at radius 2 is 1.83 bits per heavy atom. The largest absolute Gasteiger partial charge is 0.325 e. The van der Waals surface area contributed by atoms with Gasteiger partial charge in [0.1, 0.15) is 5.82 Å². The molecule has 4 nitrogen and oxygen atoms in total. The zero-order valence-electron chi connectivity index (χ0n) is 13.3. The summed E-state index contributed by atoms with van der Waals surface area (Å²) in [5.41, 5.74) is 4.73. The molecule has 2 N–H and O–H groups in total. The van der Waals surface area contributed by atoms with E-state index in [4.69, 9.17) is 0 Å². The van der Waals surface area contributed by atoms with E-state index in [-0.39, 0.29) is 5.82 Å². The summed E-state index contributed by atoms with van der Waals surface area (Å²) in [7, 11) is 0. The van der Waals surface area contributed by atoms with E-state index < -0.39 is 6.03 Å². The van der Waals surface area contributed by atoms with E-state index in [1.807, 2.05) is 31.4 Å². The normalized spacial score (nSPS) is 10.5. The summed E-state index contributed by atoms with van der Waals surface area (Å²) < 4.78 is 12.9. The maximum Gasteiger partial charge on any atom is 0.325 e. The Morgan fingerprint density at radius 3 is 2.54 bits per heavy atom. The Hall–Kier alpha value is -2.73. The van der Waals surface area contributed by atoms with Crippen molar-refractivity contribution < 1.29 is 9.18 Å². The van der Waals surface area contributed by atoms with Gasteiger partial charge in [0.05, 0.1) is 5.69 Å². The number of carbonyl (C=O) groups is 1. The van der Waals surface area contributed by atoms with Crippen LogP contribution in [0.25, 0.3) is 11.3 Å². The van der Waals surface area contributed by atoms with Crippen LogP contribution in [-0.4, -0.2) is 11.0 Å². The SMILES string of the molecule is Cc1ccc(-c2csc(NC(=O)Nc3ccc(F)cc3)n2)c(C)c1. The fourth-order valence-electron chi connectivity index (χ4n) is 2.35. The van der Waals surface area contributed by atoms with Crippen LogP contribution in [0.1, 0.15) is 11.1 Å². The van der Waals surface area contributed by atoms with E-state index in [0.29, 0.717) is 10.8 Å². The highest BCUT2D eigenvalue weighted by molar-refractivity contribution is 7.14. The molecule has 0 aliphatic carbocycles. The molecule has 0 aliphatic heterocycles. The van der Waals surface area contributed by atoms with Crippen LogP contribution < -0.4 is 10.6 Å². The molecule has 0 saturated heterocycles. The van der Waals surface area contributed by atoms with E-state index >= 15 is 0 Å². The molecule has 0 saturated carbocycles. The lowest BCUT2D eigenvalue weighted by molar-refractivity contribution is 0.262. The maximum atomic E-state index is 12.9. The minimum Gasteiger partial charge on any atom is -0.308 e. The second-order valence-corrected chi connectivity index (χ2v) is 6.30. The molecule has 3 rings (SSSR count). The molecular weight excluding hydrogens is 325 g/mol. The highest BCUT2D eigenvalue weighted by Gasteiger charge is 2.10. The molecule has 3 aromatic rings. The van der Waals surface area contributed by atoms with Crippen molar-refractivity contribution in [2.45, 2.75) is 13.8 Å². The quantitative estimate of drug-likeness (QED) is 0.687. The van der Waals surface area contributed by atoms with Crippen LogP contribution in [-0.2, 0) is 0 Å². The summed E-state index contributed by atoms with van der Waals surface area (Å²) >= 11 is 1.36. The van der Waals surface area contributed by atoms with Gasteiger partial charge >= 0.3 is 6.03 Å². The number of amides is 2. The number of urea groups is 1. The zero-order chi connectivity index (χ0) is 17.1. The molecule has 0 aliphatic rings. The van der Waals surface area contributed by atoms with Crippen molar-refractivity contribution in [1.29, 1.82) is 0 Å². The number of hydrogen-bond donors (Lipinski definition) is 2. The van der Waals surface area contributed by atoms with Gasteiger partial charge in [-0.1, -0.05) is 23.8 Å². The van der Waals surface area contributed by atoms with Crippen LogP contribution in [0.15, 0.2) is 47.8 Å². The van der Waals surface area contributed by atoms with E-state index in [2.05, 4.69) is 21.7 Å². The number of benzene rings is 2.